The van der Waals surface area contributed by atoms with Crippen molar-refractivity contribution in [2.75, 3.05) is 0 Å². The Hall–Kier alpha value is -1.20. The van der Waals surface area contributed by atoms with Gasteiger partial charge in [0.05, 0.1) is 6.54 Å². The van der Waals surface area contributed by atoms with Crippen molar-refractivity contribution in [3.63, 3.8) is 0 Å². The number of aryl methyl sites for hydroxylation is 2. The molecular weight excluding hydrogens is 285 g/mol. The van der Waals surface area contributed by atoms with E-state index in [-0.39, 0.29) is 5.82 Å². The van der Waals surface area contributed by atoms with Crippen molar-refractivity contribution in [1.82, 2.24) is 9.97 Å². The number of rotatable bonds is 4. The van der Waals surface area contributed by atoms with Gasteiger partial charge in [0.25, 0.3) is 0 Å². The number of nitrogens with zero attached hydrogens (tertiary/aromatic N) is 1. The predicted octanol–water partition coefficient (Wildman–Crippen LogP) is 2.56. The average Bonchev–Trinajstić information content (AvgIpc) is 2.69. The van der Waals surface area contributed by atoms with Gasteiger partial charge in [0, 0.05) is 5.69 Å². The summed E-state index contributed by atoms with van der Waals surface area (Å²) in [5.41, 5.74) is 7.15. The van der Waals surface area contributed by atoms with Gasteiger partial charge in [0.15, 0.2) is 0 Å². The van der Waals surface area contributed by atoms with Crippen molar-refractivity contribution in [2.24, 2.45) is 5.73 Å². The maximum absolute atomic E-state index is 13.4. The number of benzene rings is 1. The Morgan fingerprint density at radius 3 is 2.71 bits per heavy atom. The van der Waals surface area contributed by atoms with Crippen molar-refractivity contribution < 1.29 is 4.39 Å². The van der Waals surface area contributed by atoms with Crippen LogP contribution < -0.4 is 5.73 Å². The minimum Gasteiger partial charge on any atom is -0.344 e. The molecule has 2 aromatic rings. The highest BCUT2D eigenvalue weighted by molar-refractivity contribution is 9.10. The number of hydrogen-bond acceptors (Lipinski definition) is 2. The van der Waals surface area contributed by atoms with Crippen LogP contribution in [0, 0.1) is 5.82 Å². The molecule has 0 atom stereocenters. The van der Waals surface area contributed by atoms with Gasteiger partial charge in [-0.3, -0.25) is 0 Å². The van der Waals surface area contributed by atoms with E-state index in [9.17, 15) is 4.39 Å². The maximum Gasteiger partial charge on any atom is 0.127 e. The molecule has 0 fully saturated rings. The quantitative estimate of drug-likeness (QED) is 0.911. The smallest absolute Gasteiger partial charge is 0.127 e. The van der Waals surface area contributed by atoms with E-state index < -0.39 is 0 Å². The summed E-state index contributed by atoms with van der Waals surface area (Å²) in [6, 6.07) is 6.80. The fraction of sp³-hybridized carbons (Fsp3) is 0.250. The van der Waals surface area contributed by atoms with Gasteiger partial charge in [-0.2, -0.15) is 0 Å². The standard InChI is InChI=1S/C12H13BrFN3/c13-12-10(16-11(7-15)17-12)6-5-8-3-1-2-4-9(8)14/h1-4H,5-7,15H2,(H,16,17). The molecular formula is C12H13BrFN3. The molecule has 0 amide bonds. The zero-order valence-corrected chi connectivity index (χ0v) is 10.8. The van der Waals surface area contributed by atoms with E-state index in [1.807, 2.05) is 6.07 Å². The van der Waals surface area contributed by atoms with Crippen molar-refractivity contribution in [3.05, 3.63) is 51.8 Å². The van der Waals surface area contributed by atoms with Crippen LogP contribution in [0.4, 0.5) is 4.39 Å². The van der Waals surface area contributed by atoms with Gasteiger partial charge >= 0.3 is 0 Å². The van der Waals surface area contributed by atoms with Crippen LogP contribution in [0.15, 0.2) is 28.9 Å². The van der Waals surface area contributed by atoms with Gasteiger partial charge in [-0.15, -0.1) is 0 Å². The number of aromatic amines is 1. The Balaban J connectivity index is 2.07. The van der Waals surface area contributed by atoms with Gasteiger partial charge in [-0.25, -0.2) is 9.37 Å². The molecule has 0 spiro atoms. The summed E-state index contributed by atoms with van der Waals surface area (Å²) < 4.78 is 14.2. The summed E-state index contributed by atoms with van der Waals surface area (Å²) in [5, 5.41) is 0. The van der Waals surface area contributed by atoms with Crippen LogP contribution in [0.3, 0.4) is 0 Å². The molecule has 3 nitrogen and oxygen atoms in total. The van der Waals surface area contributed by atoms with Crippen LogP contribution in [0.2, 0.25) is 0 Å². The monoisotopic (exact) mass is 297 g/mol. The van der Waals surface area contributed by atoms with Crippen LogP contribution in [0.5, 0.6) is 0 Å². The highest BCUT2D eigenvalue weighted by Gasteiger charge is 2.08. The molecule has 0 aliphatic rings. The molecule has 1 heterocycles. The summed E-state index contributed by atoms with van der Waals surface area (Å²) in [4.78, 5) is 7.32. The van der Waals surface area contributed by atoms with Crippen LogP contribution in [-0.4, -0.2) is 9.97 Å². The summed E-state index contributed by atoms with van der Waals surface area (Å²) in [6.07, 6.45) is 1.34. The third-order valence-corrected chi connectivity index (χ3v) is 3.23. The van der Waals surface area contributed by atoms with E-state index in [0.29, 0.717) is 24.9 Å². The van der Waals surface area contributed by atoms with Crippen molar-refractivity contribution in [1.29, 1.82) is 0 Å². The molecule has 0 saturated carbocycles. The summed E-state index contributed by atoms with van der Waals surface area (Å²) in [5.74, 6) is 0.572. The Kier molecular flexibility index (Phi) is 3.91. The second-order valence-electron chi connectivity index (χ2n) is 3.75. The van der Waals surface area contributed by atoms with E-state index >= 15 is 0 Å². The largest absolute Gasteiger partial charge is 0.344 e. The second kappa shape index (κ2) is 5.42. The number of halogens is 2. The number of imidazole rings is 1. The highest BCUT2D eigenvalue weighted by atomic mass is 79.9. The molecule has 2 rings (SSSR count). The lowest BCUT2D eigenvalue weighted by Crippen LogP contribution is -1.99. The SMILES string of the molecule is NCc1nc(Br)c(CCc2ccccc2F)[nH]1. The third-order valence-electron chi connectivity index (χ3n) is 2.57. The fourth-order valence-electron chi connectivity index (χ4n) is 1.66. The Morgan fingerprint density at radius 1 is 1.29 bits per heavy atom. The van der Waals surface area contributed by atoms with Gasteiger partial charge in [-0.05, 0) is 40.4 Å². The van der Waals surface area contributed by atoms with Crippen molar-refractivity contribution in [2.45, 2.75) is 19.4 Å². The molecule has 1 aromatic heterocycles. The van der Waals surface area contributed by atoms with Gasteiger partial charge in [0.2, 0.25) is 0 Å². The minimum absolute atomic E-state index is 0.165. The lowest BCUT2D eigenvalue weighted by molar-refractivity contribution is 0.608. The lowest BCUT2D eigenvalue weighted by atomic mass is 10.1. The lowest BCUT2D eigenvalue weighted by Gasteiger charge is -2.01. The third kappa shape index (κ3) is 2.92. The molecule has 3 N–H and O–H groups in total. The number of aromatic nitrogens is 2. The van der Waals surface area contributed by atoms with E-state index in [1.54, 1.807) is 12.1 Å². The maximum atomic E-state index is 13.4. The first-order valence-corrected chi connectivity index (χ1v) is 6.16. The molecule has 0 unspecified atom stereocenters. The van der Waals surface area contributed by atoms with Crippen LogP contribution in [0.25, 0.3) is 0 Å². The normalized spacial score (nSPS) is 10.8. The van der Waals surface area contributed by atoms with Crippen LogP contribution in [0.1, 0.15) is 17.1 Å². The Morgan fingerprint density at radius 2 is 2.06 bits per heavy atom. The number of hydrogen-bond donors (Lipinski definition) is 2. The summed E-state index contributed by atoms with van der Waals surface area (Å²) in [7, 11) is 0. The average molecular weight is 298 g/mol. The molecule has 0 aliphatic carbocycles. The zero-order valence-electron chi connectivity index (χ0n) is 9.21. The van der Waals surface area contributed by atoms with Gasteiger partial charge in [0.1, 0.15) is 16.2 Å². The number of nitrogens with two attached hydrogens (primary N) is 1. The predicted molar refractivity (Wildman–Crippen MR) is 68.0 cm³/mol. The van der Waals surface area contributed by atoms with E-state index in [0.717, 1.165) is 16.1 Å². The first kappa shape index (κ1) is 12.3. The zero-order chi connectivity index (χ0) is 12.3. The topological polar surface area (TPSA) is 54.7 Å². The number of H-pyrrole nitrogens is 1. The molecule has 90 valence electrons. The molecule has 1 aromatic carbocycles. The van der Waals surface area contributed by atoms with Gasteiger partial charge < -0.3 is 10.7 Å². The Labute approximate surface area is 107 Å². The molecule has 17 heavy (non-hydrogen) atoms. The summed E-state index contributed by atoms with van der Waals surface area (Å²) in [6.45, 7) is 0.373. The molecule has 0 saturated heterocycles. The molecule has 5 heteroatoms. The van der Waals surface area contributed by atoms with Crippen molar-refractivity contribution in [3.8, 4) is 0 Å². The van der Waals surface area contributed by atoms with E-state index in [2.05, 4.69) is 25.9 Å². The fourth-order valence-corrected chi connectivity index (χ4v) is 2.17. The van der Waals surface area contributed by atoms with Gasteiger partial charge in [-0.1, -0.05) is 18.2 Å². The van der Waals surface area contributed by atoms with E-state index in [4.69, 9.17) is 5.73 Å². The number of nitrogens with one attached hydrogen (secondary N) is 1. The molecule has 0 aliphatic heterocycles. The first-order chi connectivity index (χ1) is 8.20. The van der Waals surface area contributed by atoms with Crippen molar-refractivity contribution >= 4 is 15.9 Å². The van der Waals surface area contributed by atoms with Crippen LogP contribution in [-0.2, 0) is 19.4 Å². The second-order valence-corrected chi connectivity index (χ2v) is 4.50. The Bertz CT molecular complexity index is 510. The minimum atomic E-state index is -0.165. The highest BCUT2D eigenvalue weighted by Crippen LogP contribution is 2.17. The molecule has 0 radical (unpaired) electrons. The van der Waals surface area contributed by atoms with Crippen LogP contribution >= 0.6 is 15.9 Å². The summed E-state index contributed by atoms with van der Waals surface area (Å²) >= 11 is 3.36. The van der Waals surface area contributed by atoms with E-state index in [1.165, 1.54) is 6.07 Å². The first-order valence-electron chi connectivity index (χ1n) is 5.37. The molecule has 0 bridgehead atoms.